The van der Waals surface area contributed by atoms with Crippen LogP contribution in [0, 0.1) is 0 Å². The summed E-state index contributed by atoms with van der Waals surface area (Å²) < 4.78 is 10.2. The highest BCUT2D eigenvalue weighted by Gasteiger charge is 2.23. The maximum Gasteiger partial charge on any atom is 0.414 e. The van der Waals surface area contributed by atoms with Crippen LogP contribution in [0.5, 0.6) is 5.75 Å². The zero-order valence-corrected chi connectivity index (χ0v) is 15.4. The van der Waals surface area contributed by atoms with Crippen LogP contribution in [-0.2, 0) is 9.53 Å². The lowest BCUT2D eigenvalue weighted by Crippen LogP contribution is -2.32. The zero-order chi connectivity index (χ0) is 19.9. The Labute approximate surface area is 162 Å². The lowest BCUT2D eigenvalue weighted by atomic mass is 10.2. The Morgan fingerprint density at radius 1 is 1.18 bits per heavy atom. The lowest BCUT2D eigenvalue weighted by molar-refractivity contribution is -0.115. The van der Waals surface area contributed by atoms with E-state index in [1.54, 1.807) is 48.5 Å². The molecule has 146 valence electrons. The molecule has 0 aromatic heterocycles. The number of carbonyl (C=O) groups is 3. The van der Waals surface area contributed by atoms with Crippen LogP contribution in [0.2, 0.25) is 0 Å². The van der Waals surface area contributed by atoms with Crippen molar-refractivity contribution in [3.05, 3.63) is 54.1 Å². The van der Waals surface area contributed by atoms with E-state index in [1.165, 1.54) is 4.90 Å². The van der Waals surface area contributed by atoms with Crippen molar-refractivity contribution < 1.29 is 23.9 Å². The van der Waals surface area contributed by atoms with Gasteiger partial charge in [-0.15, -0.1) is 0 Å². The molecule has 1 heterocycles. The van der Waals surface area contributed by atoms with E-state index in [2.05, 4.69) is 10.6 Å². The molecule has 0 atom stereocenters. The van der Waals surface area contributed by atoms with E-state index < -0.39 is 6.09 Å². The van der Waals surface area contributed by atoms with Gasteiger partial charge in [-0.3, -0.25) is 14.5 Å². The topological polar surface area (TPSA) is 97.0 Å². The van der Waals surface area contributed by atoms with Gasteiger partial charge in [0, 0.05) is 16.9 Å². The molecule has 28 heavy (non-hydrogen) atoms. The number of anilines is 2. The highest BCUT2D eigenvalue weighted by molar-refractivity contribution is 5.99. The molecule has 2 N–H and O–H groups in total. The first-order chi connectivity index (χ1) is 13.6. The summed E-state index contributed by atoms with van der Waals surface area (Å²) in [6, 6.07) is 13.6. The average Bonchev–Trinajstić information content (AvgIpc) is 3.13. The monoisotopic (exact) mass is 383 g/mol. The van der Waals surface area contributed by atoms with Gasteiger partial charge in [0.2, 0.25) is 5.91 Å². The molecule has 1 aliphatic heterocycles. The number of nitrogens with zero attached hydrogens (tertiary/aromatic N) is 1. The number of hydrogen-bond donors (Lipinski definition) is 2. The minimum absolute atomic E-state index is 0.179. The van der Waals surface area contributed by atoms with E-state index in [0.29, 0.717) is 42.4 Å². The molecule has 0 unspecified atom stereocenters. The van der Waals surface area contributed by atoms with Crippen molar-refractivity contribution in [2.45, 2.75) is 6.92 Å². The molecule has 2 aromatic carbocycles. The van der Waals surface area contributed by atoms with Crippen LogP contribution in [0.15, 0.2) is 48.5 Å². The molecule has 8 nitrogen and oxygen atoms in total. The molecule has 0 saturated carbocycles. The summed E-state index contributed by atoms with van der Waals surface area (Å²) in [5.41, 5.74) is 1.60. The fourth-order valence-corrected chi connectivity index (χ4v) is 2.72. The van der Waals surface area contributed by atoms with Gasteiger partial charge in [-0.05, 0) is 49.4 Å². The van der Waals surface area contributed by atoms with Crippen LogP contribution in [0.25, 0.3) is 0 Å². The highest BCUT2D eigenvalue weighted by atomic mass is 16.6. The van der Waals surface area contributed by atoms with Crippen LogP contribution in [0.3, 0.4) is 0 Å². The summed E-state index contributed by atoms with van der Waals surface area (Å²) in [5.74, 6) is -0.0502. The smallest absolute Gasteiger partial charge is 0.414 e. The van der Waals surface area contributed by atoms with Gasteiger partial charge in [0.15, 0.2) is 0 Å². The summed E-state index contributed by atoms with van der Waals surface area (Å²) in [4.78, 5) is 37.4. The standard InChI is InChI=1S/C20H21N3O5/c1-2-27-17-8-6-14(7-9-17)19(25)21-13-18(24)22-15-4-3-5-16(12-15)23-10-11-28-20(23)26/h3-9,12H,2,10-11,13H2,1H3,(H,21,25)(H,22,24). The van der Waals surface area contributed by atoms with E-state index in [4.69, 9.17) is 9.47 Å². The number of benzene rings is 2. The number of carbonyl (C=O) groups excluding carboxylic acids is 3. The van der Waals surface area contributed by atoms with Crippen LogP contribution >= 0.6 is 0 Å². The molecular formula is C20H21N3O5. The zero-order valence-electron chi connectivity index (χ0n) is 15.4. The third-order valence-electron chi connectivity index (χ3n) is 4.04. The normalized spacial score (nSPS) is 13.0. The van der Waals surface area contributed by atoms with E-state index >= 15 is 0 Å². The van der Waals surface area contributed by atoms with Crippen molar-refractivity contribution >= 4 is 29.3 Å². The van der Waals surface area contributed by atoms with Gasteiger partial charge >= 0.3 is 6.09 Å². The molecule has 1 fully saturated rings. The van der Waals surface area contributed by atoms with E-state index in [1.807, 2.05) is 6.92 Å². The SMILES string of the molecule is CCOc1ccc(C(=O)NCC(=O)Nc2cccc(N3CCOC3=O)c2)cc1. The third kappa shape index (κ3) is 4.79. The van der Waals surface area contributed by atoms with Gasteiger partial charge in [-0.25, -0.2) is 4.79 Å². The molecule has 3 rings (SSSR count). The fourth-order valence-electron chi connectivity index (χ4n) is 2.72. The molecule has 0 spiro atoms. The van der Waals surface area contributed by atoms with Gasteiger partial charge in [0.05, 0.1) is 19.7 Å². The average molecular weight is 383 g/mol. The molecule has 3 amide bonds. The van der Waals surface area contributed by atoms with E-state index in [9.17, 15) is 14.4 Å². The molecule has 1 saturated heterocycles. The van der Waals surface area contributed by atoms with Crippen molar-refractivity contribution in [2.75, 3.05) is 36.5 Å². The Hall–Kier alpha value is -3.55. The number of cyclic esters (lactones) is 1. The first kappa shape index (κ1) is 19.2. The van der Waals surface area contributed by atoms with Gasteiger partial charge in [0.25, 0.3) is 5.91 Å². The van der Waals surface area contributed by atoms with Crippen molar-refractivity contribution in [2.24, 2.45) is 0 Å². The summed E-state index contributed by atoms with van der Waals surface area (Å²) in [7, 11) is 0. The highest BCUT2D eigenvalue weighted by Crippen LogP contribution is 2.22. The first-order valence-corrected chi connectivity index (χ1v) is 8.92. The van der Waals surface area contributed by atoms with Crippen LogP contribution in [0.4, 0.5) is 16.2 Å². The second kappa shape index (κ2) is 8.90. The second-order valence-corrected chi connectivity index (χ2v) is 6.00. The summed E-state index contributed by atoms with van der Waals surface area (Å²) in [6.07, 6.45) is -0.411. The third-order valence-corrected chi connectivity index (χ3v) is 4.04. The molecule has 0 aliphatic carbocycles. The Bertz CT molecular complexity index is 866. The van der Waals surface area contributed by atoms with Crippen molar-refractivity contribution in [1.29, 1.82) is 0 Å². The minimum atomic E-state index is -0.411. The van der Waals surface area contributed by atoms with E-state index in [-0.39, 0.29) is 18.4 Å². The number of rotatable bonds is 7. The number of amides is 3. The quantitative estimate of drug-likeness (QED) is 0.765. The van der Waals surface area contributed by atoms with Crippen LogP contribution < -0.4 is 20.3 Å². The molecule has 0 radical (unpaired) electrons. The Balaban J connectivity index is 1.52. The number of ether oxygens (including phenoxy) is 2. The summed E-state index contributed by atoms with van der Waals surface area (Å²) >= 11 is 0. The predicted molar refractivity (Wildman–Crippen MR) is 104 cm³/mol. The van der Waals surface area contributed by atoms with Gasteiger partial charge in [0.1, 0.15) is 12.4 Å². The van der Waals surface area contributed by atoms with Gasteiger partial charge in [-0.1, -0.05) is 6.07 Å². The Kier molecular flexibility index (Phi) is 6.11. The Morgan fingerprint density at radius 2 is 1.96 bits per heavy atom. The van der Waals surface area contributed by atoms with Crippen LogP contribution in [-0.4, -0.2) is 44.2 Å². The molecule has 8 heteroatoms. The van der Waals surface area contributed by atoms with Crippen LogP contribution in [0.1, 0.15) is 17.3 Å². The summed E-state index contributed by atoms with van der Waals surface area (Å²) in [6.45, 7) is 3.06. The molecule has 1 aliphatic rings. The Morgan fingerprint density at radius 3 is 2.64 bits per heavy atom. The fraction of sp³-hybridized carbons (Fsp3) is 0.250. The first-order valence-electron chi connectivity index (χ1n) is 8.92. The lowest BCUT2D eigenvalue weighted by Gasteiger charge is -2.14. The van der Waals surface area contributed by atoms with Crippen molar-refractivity contribution in [3.63, 3.8) is 0 Å². The molecular weight excluding hydrogens is 362 g/mol. The van der Waals surface area contributed by atoms with E-state index in [0.717, 1.165) is 0 Å². The largest absolute Gasteiger partial charge is 0.494 e. The van der Waals surface area contributed by atoms with Gasteiger partial charge < -0.3 is 20.1 Å². The molecule has 0 bridgehead atoms. The predicted octanol–water partition coefficient (Wildman–Crippen LogP) is 2.41. The number of nitrogens with one attached hydrogen (secondary N) is 2. The second-order valence-electron chi connectivity index (χ2n) is 6.00. The summed E-state index contributed by atoms with van der Waals surface area (Å²) in [5, 5.41) is 5.27. The maximum absolute atomic E-state index is 12.1. The van der Waals surface area contributed by atoms with Gasteiger partial charge in [-0.2, -0.15) is 0 Å². The van der Waals surface area contributed by atoms with Crippen molar-refractivity contribution in [1.82, 2.24) is 5.32 Å². The van der Waals surface area contributed by atoms with Crippen molar-refractivity contribution in [3.8, 4) is 5.75 Å². The minimum Gasteiger partial charge on any atom is -0.494 e. The number of hydrogen-bond acceptors (Lipinski definition) is 5. The molecule has 2 aromatic rings. The maximum atomic E-state index is 12.1.